The number of ether oxygens (including phenoxy) is 1. The summed E-state index contributed by atoms with van der Waals surface area (Å²) in [6.07, 6.45) is 2.03. The van der Waals surface area contributed by atoms with Crippen LogP contribution in [0.4, 0.5) is 0 Å². The molecular formula is C7H13NaO2. The average Bonchev–Trinajstić information content (AvgIpc) is 1.87. The summed E-state index contributed by atoms with van der Waals surface area (Å²) in [7, 11) is 0. The fourth-order valence-corrected chi connectivity index (χ4v) is 0.330. The molecule has 54 valence electrons. The summed E-state index contributed by atoms with van der Waals surface area (Å²) in [6.45, 7) is 7.08. The van der Waals surface area contributed by atoms with Crippen molar-refractivity contribution in [2.45, 2.75) is 26.4 Å². The second kappa shape index (κ2) is 7.32. The number of hydrogen-bond donors (Lipinski definition) is 0. The van der Waals surface area contributed by atoms with Gasteiger partial charge in [-0.15, -0.1) is 0 Å². The van der Waals surface area contributed by atoms with Crippen LogP contribution >= 0.6 is 0 Å². The summed E-state index contributed by atoms with van der Waals surface area (Å²) in [5, 5.41) is 0. The molecule has 10 heavy (non-hydrogen) atoms. The Hall–Kier alpha value is 0.210. The van der Waals surface area contributed by atoms with Crippen LogP contribution in [0.15, 0.2) is 12.7 Å². The predicted molar refractivity (Wildman–Crippen MR) is 43.2 cm³/mol. The molecule has 0 heterocycles. The van der Waals surface area contributed by atoms with Crippen molar-refractivity contribution in [3.63, 3.8) is 0 Å². The minimum absolute atomic E-state index is 0. The average molecular weight is 152 g/mol. The Bertz CT molecular complexity index is 112. The maximum atomic E-state index is 10.4. The van der Waals surface area contributed by atoms with Gasteiger partial charge in [-0.1, -0.05) is 13.5 Å². The second-order valence-electron chi connectivity index (χ2n) is 1.86. The van der Waals surface area contributed by atoms with E-state index in [2.05, 4.69) is 6.58 Å². The van der Waals surface area contributed by atoms with E-state index in [1.807, 2.05) is 13.8 Å². The molecular weight excluding hydrogens is 139 g/mol. The zero-order valence-corrected chi connectivity index (χ0v) is 5.89. The van der Waals surface area contributed by atoms with Crippen LogP contribution in [0.1, 0.15) is 20.3 Å². The Morgan fingerprint density at radius 2 is 2.30 bits per heavy atom. The molecule has 0 rings (SSSR count). The van der Waals surface area contributed by atoms with E-state index in [0.717, 1.165) is 6.42 Å². The first kappa shape index (κ1) is 12.8. The van der Waals surface area contributed by atoms with Crippen LogP contribution < -0.4 is 0 Å². The van der Waals surface area contributed by atoms with Gasteiger partial charge in [-0.2, -0.15) is 0 Å². The Morgan fingerprint density at radius 1 is 1.80 bits per heavy atom. The van der Waals surface area contributed by atoms with Crippen molar-refractivity contribution in [2.75, 3.05) is 0 Å². The SMILES string of the molecule is C=CC(=O)OC(C)CC.[NaH]. The first-order valence-electron chi connectivity index (χ1n) is 3.03. The molecule has 2 nitrogen and oxygen atoms in total. The molecule has 1 atom stereocenters. The number of hydrogen-bond acceptors (Lipinski definition) is 2. The molecule has 0 bridgehead atoms. The normalized spacial score (nSPS) is 11.0. The van der Waals surface area contributed by atoms with Gasteiger partial charge in [0.15, 0.2) is 0 Å². The van der Waals surface area contributed by atoms with Gasteiger partial charge in [-0.3, -0.25) is 0 Å². The van der Waals surface area contributed by atoms with Crippen molar-refractivity contribution in [3.05, 3.63) is 12.7 Å². The van der Waals surface area contributed by atoms with Gasteiger partial charge < -0.3 is 4.74 Å². The van der Waals surface area contributed by atoms with Crippen LogP contribution in [0, 0.1) is 0 Å². The minimum atomic E-state index is -0.343. The summed E-state index contributed by atoms with van der Waals surface area (Å²) in [6, 6.07) is 0. The zero-order valence-electron chi connectivity index (χ0n) is 5.89. The molecule has 0 aromatic heterocycles. The molecule has 1 unspecified atom stereocenters. The molecule has 0 aliphatic heterocycles. The van der Waals surface area contributed by atoms with Crippen LogP contribution in [0.25, 0.3) is 0 Å². The zero-order chi connectivity index (χ0) is 7.28. The summed E-state index contributed by atoms with van der Waals surface area (Å²) in [4.78, 5) is 10.4. The topological polar surface area (TPSA) is 26.3 Å². The molecule has 0 fully saturated rings. The summed E-state index contributed by atoms with van der Waals surface area (Å²) in [5.74, 6) is -0.343. The van der Waals surface area contributed by atoms with E-state index in [1.165, 1.54) is 6.08 Å². The third-order valence-electron chi connectivity index (χ3n) is 1.06. The van der Waals surface area contributed by atoms with Crippen molar-refractivity contribution in [3.8, 4) is 0 Å². The summed E-state index contributed by atoms with van der Waals surface area (Å²) >= 11 is 0. The monoisotopic (exact) mass is 152 g/mol. The van der Waals surface area contributed by atoms with Crippen molar-refractivity contribution in [1.29, 1.82) is 0 Å². The molecule has 0 aromatic rings. The van der Waals surface area contributed by atoms with Gasteiger partial charge >= 0.3 is 35.5 Å². The predicted octanol–water partition coefficient (Wildman–Crippen LogP) is 0.866. The number of carbonyl (C=O) groups is 1. The molecule has 0 aliphatic carbocycles. The standard InChI is InChI=1S/C7H12O2.Na.H/c1-4-6(3)9-7(8)5-2;;/h5-6H,2,4H2,1,3H3;;. The Morgan fingerprint density at radius 3 is 2.60 bits per heavy atom. The van der Waals surface area contributed by atoms with Crippen molar-refractivity contribution in [1.82, 2.24) is 0 Å². The van der Waals surface area contributed by atoms with E-state index in [9.17, 15) is 4.79 Å². The number of esters is 1. The van der Waals surface area contributed by atoms with Gasteiger partial charge in [-0.25, -0.2) is 4.79 Å². The van der Waals surface area contributed by atoms with Crippen LogP contribution in [0.5, 0.6) is 0 Å². The first-order valence-corrected chi connectivity index (χ1v) is 3.03. The van der Waals surface area contributed by atoms with E-state index in [1.54, 1.807) is 0 Å². The van der Waals surface area contributed by atoms with E-state index >= 15 is 0 Å². The second-order valence-corrected chi connectivity index (χ2v) is 1.86. The van der Waals surface area contributed by atoms with Crippen LogP contribution in [0.2, 0.25) is 0 Å². The molecule has 0 N–H and O–H groups in total. The van der Waals surface area contributed by atoms with Crippen molar-refractivity contribution >= 4 is 35.5 Å². The first-order chi connectivity index (χ1) is 4.20. The summed E-state index contributed by atoms with van der Waals surface area (Å²) in [5.41, 5.74) is 0. The molecule has 0 aliphatic rings. The van der Waals surface area contributed by atoms with E-state index < -0.39 is 0 Å². The molecule has 0 saturated heterocycles. The quantitative estimate of drug-likeness (QED) is 0.340. The fourth-order valence-electron chi connectivity index (χ4n) is 0.330. The maximum absolute atomic E-state index is 10.4. The molecule has 0 spiro atoms. The van der Waals surface area contributed by atoms with Gasteiger partial charge in [-0.05, 0) is 13.3 Å². The third kappa shape index (κ3) is 6.33. The van der Waals surface area contributed by atoms with Gasteiger partial charge in [0.05, 0.1) is 6.10 Å². The molecule has 0 saturated carbocycles. The van der Waals surface area contributed by atoms with E-state index in [4.69, 9.17) is 4.74 Å². The molecule has 3 heteroatoms. The van der Waals surface area contributed by atoms with E-state index in [0.29, 0.717) is 0 Å². The fraction of sp³-hybridized carbons (Fsp3) is 0.571. The van der Waals surface area contributed by atoms with Crippen molar-refractivity contribution < 1.29 is 9.53 Å². The van der Waals surface area contributed by atoms with Crippen LogP contribution in [-0.2, 0) is 9.53 Å². The third-order valence-corrected chi connectivity index (χ3v) is 1.06. The summed E-state index contributed by atoms with van der Waals surface area (Å²) < 4.78 is 4.79. The van der Waals surface area contributed by atoms with Crippen molar-refractivity contribution in [2.24, 2.45) is 0 Å². The van der Waals surface area contributed by atoms with Gasteiger partial charge in [0.1, 0.15) is 0 Å². The Balaban J connectivity index is 0. The van der Waals surface area contributed by atoms with Crippen LogP contribution in [0.3, 0.4) is 0 Å². The van der Waals surface area contributed by atoms with Gasteiger partial charge in [0.25, 0.3) is 0 Å². The van der Waals surface area contributed by atoms with Gasteiger partial charge in [0, 0.05) is 6.08 Å². The number of rotatable bonds is 3. The molecule has 0 aromatic carbocycles. The Kier molecular flexibility index (Phi) is 9.40. The molecule has 0 radical (unpaired) electrons. The van der Waals surface area contributed by atoms with Crippen LogP contribution in [-0.4, -0.2) is 41.6 Å². The Labute approximate surface area is 83.9 Å². The van der Waals surface area contributed by atoms with Gasteiger partial charge in [0.2, 0.25) is 0 Å². The number of carbonyl (C=O) groups excluding carboxylic acids is 1. The van der Waals surface area contributed by atoms with E-state index in [-0.39, 0.29) is 41.6 Å². The molecule has 0 amide bonds.